The second-order valence-electron chi connectivity index (χ2n) is 6.13. The highest BCUT2D eigenvalue weighted by Gasteiger charge is 2.32. The Morgan fingerprint density at radius 3 is 2.38 bits per heavy atom. The zero-order valence-corrected chi connectivity index (χ0v) is 15.4. The first-order chi connectivity index (χ1) is 12.4. The van der Waals surface area contributed by atoms with Crippen LogP contribution in [0.5, 0.6) is 0 Å². The van der Waals surface area contributed by atoms with Gasteiger partial charge in [-0.25, -0.2) is 12.8 Å². The first-order valence-electron chi connectivity index (χ1n) is 8.18. The van der Waals surface area contributed by atoms with E-state index in [1.165, 1.54) is 40.7 Å². The standard InChI is InChI=1S/C18H18ClFN2O3S/c19-14-2-1-3-17(12-14)26(24,25)22-10-8-13(9-11-22)18(23)21-16-6-4-15(20)5-7-16/h1-7,12-13H,8-11H2,(H,21,23). The summed E-state index contributed by atoms with van der Waals surface area (Å²) in [6, 6.07) is 11.7. The molecule has 1 aliphatic rings. The number of halogens is 2. The number of amides is 1. The Hall–Kier alpha value is -1.96. The molecule has 0 radical (unpaired) electrons. The molecule has 8 heteroatoms. The van der Waals surface area contributed by atoms with Crippen molar-refractivity contribution >= 4 is 33.2 Å². The summed E-state index contributed by atoms with van der Waals surface area (Å²) in [5.74, 6) is -0.843. The molecule has 1 fully saturated rings. The fraction of sp³-hybridized carbons (Fsp3) is 0.278. The third kappa shape index (κ3) is 4.23. The van der Waals surface area contributed by atoms with Gasteiger partial charge in [-0.05, 0) is 55.3 Å². The molecule has 0 saturated carbocycles. The number of nitrogens with zero attached hydrogens (tertiary/aromatic N) is 1. The van der Waals surface area contributed by atoms with Crippen LogP contribution in [0.1, 0.15) is 12.8 Å². The van der Waals surface area contributed by atoms with Crippen molar-refractivity contribution in [3.63, 3.8) is 0 Å². The van der Waals surface area contributed by atoms with Crippen molar-refractivity contribution in [2.24, 2.45) is 5.92 Å². The first kappa shape index (κ1) is 18.8. The Bertz CT molecular complexity index is 895. The second-order valence-corrected chi connectivity index (χ2v) is 8.51. The van der Waals surface area contributed by atoms with E-state index in [2.05, 4.69) is 5.32 Å². The maximum absolute atomic E-state index is 12.9. The summed E-state index contributed by atoms with van der Waals surface area (Å²) in [7, 11) is -3.62. The Kier molecular flexibility index (Phi) is 5.60. The molecule has 3 rings (SSSR count). The third-order valence-electron chi connectivity index (χ3n) is 4.37. The molecule has 1 heterocycles. The van der Waals surface area contributed by atoms with Crippen LogP contribution in [-0.2, 0) is 14.8 Å². The van der Waals surface area contributed by atoms with Crippen LogP contribution in [0.3, 0.4) is 0 Å². The topological polar surface area (TPSA) is 66.5 Å². The van der Waals surface area contributed by atoms with Gasteiger partial charge in [-0.1, -0.05) is 17.7 Å². The van der Waals surface area contributed by atoms with E-state index in [4.69, 9.17) is 11.6 Å². The van der Waals surface area contributed by atoms with E-state index in [-0.39, 0.29) is 35.6 Å². The van der Waals surface area contributed by atoms with Crippen LogP contribution in [0, 0.1) is 11.7 Å². The van der Waals surface area contributed by atoms with E-state index >= 15 is 0 Å². The predicted octanol–water partition coefficient (Wildman–Crippen LogP) is 3.52. The minimum Gasteiger partial charge on any atom is -0.326 e. The average molecular weight is 397 g/mol. The van der Waals surface area contributed by atoms with Crippen LogP contribution in [0.2, 0.25) is 5.02 Å². The minimum absolute atomic E-state index is 0.152. The number of anilines is 1. The molecular weight excluding hydrogens is 379 g/mol. The molecule has 0 unspecified atom stereocenters. The van der Waals surface area contributed by atoms with Crippen molar-refractivity contribution in [2.45, 2.75) is 17.7 Å². The van der Waals surface area contributed by atoms with Crippen molar-refractivity contribution in [3.8, 4) is 0 Å². The molecule has 26 heavy (non-hydrogen) atoms. The predicted molar refractivity (Wildman–Crippen MR) is 98.0 cm³/mol. The quantitative estimate of drug-likeness (QED) is 0.859. The van der Waals surface area contributed by atoms with Crippen LogP contribution in [-0.4, -0.2) is 31.7 Å². The average Bonchev–Trinajstić information content (AvgIpc) is 2.64. The minimum atomic E-state index is -3.62. The summed E-state index contributed by atoms with van der Waals surface area (Å²) in [5, 5.41) is 3.10. The molecule has 0 aromatic heterocycles. The number of benzene rings is 2. The zero-order valence-electron chi connectivity index (χ0n) is 13.9. The molecule has 138 valence electrons. The molecular formula is C18H18ClFN2O3S. The largest absolute Gasteiger partial charge is 0.326 e. The number of hydrogen-bond acceptors (Lipinski definition) is 3. The molecule has 0 aliphatic carbocycles. The molecule has 1 saturated heterocycles. The highest BCUT2D eigenvalue weighted by atomic mass is 35.5. The third-order valence-corrected chi connectivity index (χ3v) is 6.50. The fourth-order valence-electron chi connectivity index (χ4n) is 2.91. The van der Waals surface area contributed by atoms with Crippen LogP contribution < -0.4 is 5.32 Å². The van der Waals surface area contributed by atoms with Crippen LogP contribution in [0.4, 0.5) is 10.1 Å². The van der Waals surface area contributed by atoms with Crippen molar-refractivity contribution < 1.29 is 17.6 Å². The van der Waals surface area contributed by atoms with Crippen molar-refractivity contribution in [1.82, 2.24) is 4.31 Å². The second kappa shape index (κ2) is 7.73. The van der Waals surface area contributed by atoms with Gasteiger partial charge in [-0.3, -0.25) is 4.79 Å². The van der Waals surface area contributed by atoms with Gasteiger partial charge in [0.15, 0.2) is 0 Å². The normalized spacial score (nSPS) is 16.4. The molecule has 1 aliphatic heterocycles. The number of carbonyl (C=O) groups is 1. The van der Waals surface area contributed by atoms with Crippen LogP contribution >= 0.6 is 11.6 Å². The summed E-state index contributed by atoms with van der Waals surface area (Å²) >= 11 is 5.88. The molecule has 0 bridgehead atoms. The SMILES string of the molecule is O=C(Nc1ccc(F)cc1)C1CCN(S(=O)(=O)c2cccc(Cl)c2)CC1. The van der Waals surface area contributed by atoms with Gasteiger partial charge >= 0.3 is 0 Å². The summed E-state index contributed by atoms with van der Waals surface area (Å²) < 4.78 is 39.6. The van der Waals surface area contributed by atoms with Gasteiger partial charge < -0.3 is 5.32 Å². The number of hydrogen-bond donors (Lipinski definition) is 1. The molecule has 1 N–H and O–H groups in total. The van der Waals surface area contributed by atoms with Gasteiger partial charge in [-0.2, -0.15) is 4.31 Å². The lowest BCUT2D eigenvalue weighted by Gasteiger charge is -2.30. The number of rotatable bonds is 4. The maximum Gasteiger partial charge on any atom is 0.243 e. The van der Waals surface area contributed by atoms with Gasteiger partial charge in [0.2, 0.25) is 15.9 Å². The Balaban J connectivity index is 1.61. The fourth-order valence-corrected chi connectivity index (χ4v) is 4.68. The van der Waals surface area contributed by atoms with Crippen molar-refractivity contribution in [2.75, 3.05) is 18.4 Å². The summed E-state index contributed by atoms with van der Waals surface area (Å²) in [4.78, 5) is 12.5. The molecule has 0 atom stereocenters. The lowest BCUT2D eigenvalue weighted by Crippen LogP contribution is -2.41. The zero-order chi connectivity index (χ0) is 18.7. The van der Waals surface area contributed by atoms with E-state index in [0.29, 0.717) is 23.6 Å². The first-order valence-corrected chi connectivity index (χ1v) is 10.0. The van der Waals surface area contributed by atoms with Gasteiger partial charge in [0, 0.05) is 29.7 Å². The highest BCUT2D eigenvalue weighted by Crippen LogP contribution is 2.26. The summed E-state index contributed by atoms with van der Waals surface area (Å²) in [5.41, 5.74) is 0.519. The highest BCUT2D eigenvalue weighted by molar-refractivity contribution is 7.89. The van der Waals surface area contributed by atoms with Crippen LogP contribution in [0.25, 0.3) is 0 Å². The van der Waals surface area contributed by atoms with Gasteiger partial charge in [0.1, 0.15) is 5.82 Å². The Morgan fingerprint density at radius 1 is 1.12 bits per heavy atom. The molecule has 1 amide bonds. The molecule has 2 aromatic carbocycles. The summed E-state index contributed by atoms with van der Waals surface area (Å²) in [6.45, 7) is 0.521. The maximum atomic E-state index is 12.9. The number of piperidine rings is 1. The van der Waals surface area contributed by atoms with Crippen LogP contribution in [0.15, 0.2) is 53.4 Å². The smallest absolute Gasteiger partial charge is 0.243 e. The molecule has 5 nitrogen and oxygen atoms in total. The van der Waals surface area contributed by atoms with E-state index in [9.17, 15) is 17.6 Å². The lowest BCUT2D eigenvalue weighted by molar-refractivity contribution is -0.120. The molecule has 0 spiro atoms. The number of sulfonamides is 1. The molecule has 2 aromatic rings. The Labute approximate surface area is 156 Å². The summed E-state index contributed by atoms with van der Waals surface area (Å²) in [6.07, 6.45) is 0.847. The number of carbonyl (C=O) groups excluding carboxylic acids is 1. The van der Waals surface area contributed by atoms with Crippen molar-refractivity contribution in [3.05, 3.63) is 59.4 Å². The lowest BCUT2D eigenvalue weighted by atomic mass is 9.97. The van der Waals surface area contributed by atoms with Gasteiger partial charge in [-0.15, -0.1) is 0 Å². The monoisotopic (exact) mass is 396 g/mol. The van der Waals surface area contributed by atoms with E-state index in [0.717, 1.165) is 0 Å². The van der Waals surface area contributed by atoms with Gasteiger partial charge in [0.25, 0.3) is 0 Å². The number of nitrogens with one attached hydrogen (secondary N) is 1. The van der Waals surface area contributed by atoms with Crippen molar-refractivity contribution in [1.29, 1.82) is 0 Å². The van der Waals surface area contributed by atoms with E-state index < -0.39 is 10.0 Å². The Morgan fingerprint density at radius 2 is 1.77 bits per heavy atom. The van der Waals surface area contributed by atoms with E-state index in [1.807, 2.05) is 0 Å². The van der Waals surface area contributed by atoms with Gasteiger partial charge in [0.05, 0.1) is 4.90 Å². The van der Waals surface area contributed by atoms with E-state index in [1.54, 1.807) is 12.1 Å².